The van der Waals surface area contributed by atoms with Crippen molar-refractivity contribution < 1.29 is 4.74 Å². The molecule has 13 heavy (non-hydrogen) atoms. The maximum atomic E-state index is 5.32. The first-order valence-electron chi connectivity index (χ1n) is 5.66. The van der Waals surface area contributed by atoms with Crippen LogP contribution in [0.5, 0.6) is 0 Å². The molecule has 0 aromatic carbocycles. The van der Waals surface area contributed by atoms with Gasteiger partial charge in [0.05, 0.1) is 12.9 Å². The summed E-state index contributed by atoms with van der Waals surface area (Å²) in [6.07, 6.45) is 14.3. The van der Waals surface area contributed by atoms with E-state index < -0.39 is 0 Å². The molecule has 0 N–H and O–H groups in total. The number of methoxy groups -OCH3 is 1. The molecule has 0 unspecified atom stereocenters. The van der Waals surface area contributed by atoms with Gasteiger partial charge in [-0.3, -0.25) is 0 Å². The van der Waals surface area contributed by atoms with E-state index in [-0.39, 0.29) is 0 Å². The highest BCUT2D eigenvalue weighted by Gasteiger charge is 1.99. The summed E-state index contributed by atoms with van der Waals surface area (Å²) in [5.74, 6) is 1.21. The summed E-state index contributed by atoms with van der Waals surface area (Å²) in [6.45, 7) is 0. The van der Waals surface area contributed by atoms with Gasteiger partial charge in [0.2, 0.25) is 0 Å². The molecule has 1 nitrogen and oxygen atoms in total. The Morgan fingerprint density at radius 2 is 1.54 bits per heavy atom. The Morgan fingerprint density at radius 1 is 0.923 bits per heavy atom. The predicted octanol–water partition coefficient (Wildman–Crippen LogP) is 4.04. The molecule has 0 saturated carbocycles. The Bertz CT molecular complexity index is 149. The van der Waals surface area contributed by atoms with Crippen molar-refractivity contribution >= 4 is 0 Å². The Kier molecular flexibility index (Phi) is 5.71. The van der Waals surface area contributed by atoms with E-state index >= 15 is 0 Å². The molecule has 0 saturated heterocycles. The summed E-state index contributed by atoms with van der Waals surface area (Å²) in [5.41, 5.74) is 0. The van der Waals surface area contributed by atoms with Gasteiger partial charge in [-0.1, -0.05) is 32.1 Å². The topological polar surface area (TPSA) is 9.23 Å². The van der Waals surface area contributed by atoms with Crippen molar-refractivity contribution in [2.24, 2.45) is 0 Å². The average Bonchev–Trinajstić information content (AvgIpc) is 2.22. The molecular weight excluding hydrogens is 160 g/mol. The lowest BCUT2D eigenvalue weighted by Gasteiger charge is -2.04. The first kappa shape index (κ1) is 10.6. The standard InChI is InChI=1S/C12H22O/c1-13-12-10-8-6-4-2-3-5-7-9-11-12/h10H,2-9,11H2,1H3. The zero-order chi connectivity index (χ0) is 9.36. The van der Waals surface area contributed by atoms with Crippen LogP contribution < -0.4 is 0 Å². The normalized spacial score (nSPS) is 21.5. The van der Waals surface area contributed by atoms with E-state index in [2.05, 4.69) is 6.08 Å². The van der Waals surface area contributed by atoms with Crippen molar-refractivity contribution in [1.29, 1.82) is 0 Å². The van der Waals surface area contributed by atoms with Crippen molar-refractivity contribution in [3.05, 3.63) is 11.8 Å². The minimum atomic E-state index is 1.15. The fourth-order valence-corrected chi connectivity index (χ4v) is 1.88. The van der Waals surface area contributed by atoms with E-state index in [9.17, 15) is 0 Å². The van der Waals surface area contributed by atoms with Gasteiger partial charge in [-0.05, 0) is 25.3 Å². The summed E-state index contributed by atoms with van der Waals surface area (Å²) in [5, 5.41) is 0. The fraction of sp³-hybridized carbons (Fsp3) is 0.833. The third-order valence-electron chi connectivity index (χ3n) is 2.76. The van der Waals surface area contributed by atoms with Crippen LogP contribution in [-0.2, 0) is 4.74 Å². The lowest BCUT2D eigenvalue weighted by Crippen LogP contribution is -1.87. The van der Waals surface area contributed by atoms with Crippen LogP contribution in [0.15, 0.2) is 11.8 Å². The minimum Gasteiger partial charge on any atom is -0.501 e. The van der Waals surface area contributed by atoms with Gasteiger partial charge in [0.15, 0.2) is 0 Å². The second-order valence-corrected chi connectivity index (χ2v) is 3.89. The predicted molar refractivity (Wildman–Crippen MR) is 56.6 cm³/mol. The molecule has 1 aliphatic carbocycles. The van der Waals surface area contributed by atoms with Gasteiger partial charge < -0.3 is 4.74 Å². The zero-order valence-electron chi connectivity index (χ0n) is 8.85. The number of allylic oxidation sites excluding steroid dienone is 2. The molecule has 1 aliphatic rings. The number of hydrogen-bond donors (Lipinski definition) is 0. The van der Waals surface area contributed by atoms with Crippen LogP contribution in [0, 0.1) is 0 Å². The van der Waals surface area contributed by atoms with Crippen molar-refractivity contribution in [2.75, 3.05) is 7.11 Å². The second kappa shape index (κ2) is 6.99. The van der Waals surface area contributed by atoms with Crippen LogP contribution in [0.1, 0.15) is 57.8 Å². The number of rotatable bonds is 1. The summed E-state index contributed by atoms with van der Waals surface area (Å²) >= 11 is 0. The van der Waals surface area contributed by atoms with Crippen LogP contribution >= 0.6 is 0 Å². The minimum absolute atomic E-state index is 1.15. The van der Waals surface area contributed by atoms with Gasteiger partial charge in [-0.25, -0.2) is 0 Å². The third-order valence-corrected chi connectivity index (χ3v) is 2.76. The Labute approximate surface area is 82.2 Å². The van der Waals surface area contributed by atoms with Crippen LogP contribution in [0.25, 0.3) is 0 Å². The third kappa shape index (κ3) is 4.97. The smallest absolute Gasteiger partial charge is 0.0915 e. The SMILES string of the molecule is COC1=CCCCCCCCCC1. The van der Waals surface area contributed by atoms with Gasteiger partial charge in [0.1, 0.15) is 0 Å². The van der Waals surface area contributed by atoms with Gasteiger partial charge >= 0.3 is 0 Å². The molecule has 0 bridgehead atoms. The molecule has 0 aromatic heterocycles. The van der Waals surface area contributed by atoms with Crippen molar-refractivity contribution in [3.8, 4) is 0 Å². The largest absolute Gasteiger partial charge is 0.501 e. The van der Waals surface area contributed by atoms with E-state index in [1.54, 1.807) is 7.11 Å². The van der Waals surface area contributed by atoms with E-state index in [0.29, 0.717) is 0 Å². The molecule has 0 radical (unpaired) electrons. The Hall–Kier alpha value is -0.460. The summed E-state index contributed by atoms with van der Waals surface area (Å²) in [4.78, 5) is 0. The fourth-order valence-electron chi connectivity index (χ4n) is 1.88. The highest BCUT2D eigenvalue weighted by molar-refractivity contribution is 4.92. The van der Waals surface area contributed by atoms with Crippen LogP contribution in [0.4, 0.5) is 0 Å². The Morgan fingerprint density at radius 3 is 2.23 bits per heavy atom. The van der Waals surface area contributed by atoms with Crippen LogP contribution in [0.2, 0.25) is 0 Å². The van der Waals surface area contributed by atoms with E-state index in [1.165, 1.54) is 57.1 Å². The van der Waals surface area contributed by atoms with Gasteiger partial charge in [-0.15, -0.1) is 0 Å². The molecule has 0 heterocycles. The molecule has 0 atom stereocenters. The van der Waals surface area contributed by atoms with Crippen molar-refractivity contribution in [2.45, 2.75) is 57.8 Å². The van der Waals surface area contributed by atoms with Crippen LogP contribution in [0.3, 0.4) is 0 Å². The lowest BCUT2D eigenvalue weighted by molar-refractivity contribution is 0.272. The first-order chi connectivity index (χ1) is 6.43. The van der Waals surface area contributed by atoms with Gasteiger partial charge in [0, 0.05) is 6.42 Å². The van der Waals surface area contributed by atoms with Crippen molar-refractivity contribution in [3.63, 3.8) is 0 Å². The second-order valence-electron chi connectivity index (χ2n) is 3.89. The highest BCUT2D eigenvalue weighted by Crippen LogP contribution is 2.16. The van der Waals surface area contributed by atoms with E-state index in [4.69, 9.17) is 4.74 Å². The molecule has 1 rings (SSSR count). The van der Waals surface area contributed by atoms with E-state index in [0.717, 1.165) is 6.42 Å². The maximum Gasteiger partial charge on any atom is 0.0915 e. The molecule has 0 aliphatic heterocycles. The maximum absolute atomic E-state index is 5.32. The number of ether oxygens (including phenoxy) is 1. The lowest BCUT2D eigenvalue weighted by atomic mass is 10.1. The monoisotopic (exact) mass is 182 g/mol. The summed E-state index contributed by atoms with van der Waals surface area (Å²) in [6, 6.07) is 0. The molecular formula is C12H22O. The first-order valence-corrected chi connectivity index (χ1v) is 5.66. The van der Waals surface area contributed by atoms with Gasteiger partial charge in [-0.2, -0.15) is 0 Å². The summed E-state index contributed by atoms with van der Waals surface area (Å²) in [7, 11) is 1.80. The quantitative estimate of drug-likeness (QED) is 0.594. The Balaban J connectivity index is 2.31. The van der Waals surface area contributed by atoms with E-state index in [1.807, 2.05) is 0 Å². The molecule has 0 fully saturated rings. The van der Waals surface area contributed by atoms with Crippen molar-refractivity contribution in [1.82, 2.24) is 0 Å². The average molecular weight is 182 g/mol. The highest BCUT2D eigenvalue weighted by atomic mass is 16.5. The van der Waals surface area contributed by atoms with Crippen LogP contribution in [-0.4, -0.2) is 7.11 Å². The molecule has 0 amide bonds. The molecule has 0 aromatic rings. The summed E-state index contributed by atoms with van der Waals surface area (Å²) < 4.78 is 5.32. The molecule has 1 heteroatoms. The zero-order valence-corrected chi connectivity index (χ0v) is 8.85. The molecule has 76 valence electrons. The van der Waals surface area contributed by atoms with Gasteiger partial charge in [0.25, 0.3) is 0 Å². The molecule has 0 spiro atoms. The number of hydrogen-bond acceptors (Lipinski definition) is 1.